The van der Waals surface area contributed by atoms with E-state index in [4.69, 9.17) is 4.74 Å². The van der Waals surface area contributed by atoms with Gasteiger partial charge in [0.2, 0.25) is 0 Å². The van der Waals surface area contributed by atoms with Crippen molar-refractivity contribution < 1.29 is 14.6 Å². The number of ether oxygens (including phenoxy) is 1. The summed E-state index contributed by atoms with van der Waals surface area (Å²) >= 11 is 0. The summed E-state index contributed by atoms with van der Waals surface area (Å²) in [5.74, 6) is 1.71. The van der Waals surface area contributed by atoms with Gasteiger partial charge in [-0.15, -0.1) is 0 Å². The van der Waals surface area contributed by atoms with E-state index in [0.717, 1.165) is 12.8 Å². The molecule has 4 aliphatic rings. The largest absolute Gasteiger partial charge is 0.462 e. The molecule has 0 unspecified atom stereocenters. The molecular weight excluding hydrogens is 326 g/mol. The molecule has 4 nitrogen and oxygen atoms in total. The van der Waals surface area contributed by atoms with Crippen LogP contribution in [0.15, 0.2) is 0 Å². The molecule has 4 heteroatoms. The molecule has 0 bridgehead atoms. The van der Waals surface area contributed by atoms with Gasteiger partial charge in [-0.2, -0.15) is 0 Å². The first kappa shape index (κ1) is 18.7. The Morgan fingerprint density at radius 1 is 1.15 bits per heavy atom. The normalized spacial score (nSPS) is 47.8. The van der Waals surface area contributed by atoms with Crippen LogP contribution < -0.4 is 0 Å². The third-order valence-electron chi connectivity index (χ3n) is 8.46. The third-order valence-corrected chi connectivity index (χ3v) is 8.46. The summed E-state index contributed by atoms with van der Waals surface area (Å²) in [6.07, 6.45) is 10.3. The molecule has 4 rings (SSSR count). The number of likely N-dealkylation sites (tertiary alicyclic amines) is 1. The lowest BCUT2D eigenvalue weighted by Gasteiger charge is -2.49. The highest BCUT2D eigenvalue weighted by molar-refractivity contribution is 5.75. The summed E-state index contributed by atoms with van der Waals surface area (Å²) in [5, 5.41) is 11.4. The van der Waals surface area contributed by atoms with Crippen molar-refractivity contribution in [3.63, 3.8) is 0 Å². The van der Waals surface area contributed by atoms with Gasteiger partial charge in [0.1, 0.15) is 6.10 Å². The Hall–Kier alpha value is -0.610. The lowest BCUT2D eigenvalue weighted by atomic mass is 9.55. The SMILES string of the molecule is C[C@@H]1OC(=O)[C@H]2C[C@H]3CCCC[C@@H]3[C@@H]([C@@H](O)C[C@H]3CCC[C@H](C)N3C)[C@@H]12. The highest BCUT2D eigenvalue weighted by atomic mass is 16.6. The molecule has 0 amide bonds. The van der Waals surface area contributed by atoms with E-state index in [1.54, 1.807) is 0 Å². The second-order valence-corrected chi connectivity index (χ2v) is 9.75. The number of hydrogen-bond acceptors (Lipinski definition) is 4. The monoisotopic (exact) mass is 363 g/mol. The van der Waals surface area contributed by atoms with E-state index >= 15 is 0 Å². The van der Waals surface area contributed by atoms with Crippen LogP contribution in [0, 0.1) is 29.6 Å². The van der Waals surface area contributed by atoms with Gasteiger partial charge < -0.3 is 14.7 Å². The fraction of sp³-hybridized carbons (Fsp3) is 0.955. The van der Waals surface area contributed by atoms with Gasteiger partial charge in [0.05, 0.1) is 12.0 Å². The Balaban J connectivity index is 1.55. The van der Waals surface area contributed by atoms with E-state index in [9.17, 15) is 9.90 Å². The molecule has 148 valence electrons. The maximum Gasteiger partial charge on any atom is 0.309 e. The second-order valence-electron chi connectivity index (χ2n) is 9.75. The first-order valence-corrected chi connectivity index (χ1v) is 11.1. The summed E-state index contributed by atoms with van der Waals surface area (Å²) in [6.45, 7) is 4.36. The van der Waals surface area contributed by atoms with Crippen molar-refractivity contribution in [3.05, 3.63) is 0 Å². The van der Waals surface area contributed by atoms with Crippen LogP contribution in [0.2, 0.25) is 0 Å². The Bertz CT molecular complexity index is 524. The Labute approximate surface area is 158 Å². The summed E-state index contributed by atoms with van der Waals surface area (Å²) in [7, 11) is 2.22. The quantitative estimate of drug-likeness (QED) is 0.778. The Morgan fingerprint density at radius 2 is 1.92 bits per heavy atom. The first-order chi connectivity index (χ1) is 12.5. The number of esters is 1. The number of carbonyl (C=O) groups excluding carboxylic acids is 1. The lowest BCUT2D eigenvalue weighted by Crippen LogP contribution is -2.51. The number of carbonyl (C=O) groups is 1. The molecule has 2 aliphatic carbocycles. The number of rotatable bonds is 3. The van der Waals surface area contributed by atoms with Crippen molar-refractivity contribution in [2.45, 2.75) is 95.9 Å². The zero-order chi connectivity index (χ0) is 18.4. The minimum atomic E-state index is -0.303. The number of aliphatic hydroxyl groups excluding tert-OH is 1. The zero-order valence-corrected chi connectivity index (χ0v) is 16.8. The van der Waals surface area contributed by atoms with Crippen molar-refractivity contribution in [2.24, 2.45) is 29.6 Å². The van der Waals surface area contributed by atoms with Crippen LogP contribution in [0.4, 0.5) is 0 Å². The summed E-state index contributed by atoms with van der Waals surface area (Å²) < 4.78 is 5.66. The summed E-state index contributed by atoms with van der Waals surface area (Å²) in [4.78, 5) is 14.9. The fourth-order valence-corrected chi connectivity index (χ4v) is 6.99. The molecule has 0 radical (unpaired) electrons. The minimum Gasteiger partial charge on any atom is -0.462 e. The smallest absolute Gasteiger partial charge is 0.309 e. The minimum absolute atomic E-state index is 0.00660. The molecule has 2 aliphatic heterocycles. The molecule has 4 fully saturated rings. The standard InChI is InChI=1S/C22H37NO3/c1-13-7-6-9-16(23(13)3)12-19(24)21-17-10-5-4-8-15(17)11-18-20(21)14(2)26-22(18)25/h13-21,24H,4-12H2,1-3H3/t13-,14-,15+,16+,17-,18-,19-,20-,21-/m0/s1. The average Bonchev–Trinajstić information content (AvgIpc) is 2.90. The highest BCUT2D eigenvalue weighted by Gasteiger charge is 2.56. The van der Waals surface area contributed by atoms with Crippen molar-refractivity contribution >= 4 is 5.97 Å². The van der Waals surface area contributed by atoms with E-state index in [0.29, 0.717) is 23.9 Å². The number of fused-ring (bicyclic) bond motifs is 2. The van der Waals surface area contributed by atoms with E-state index < -0.39 is 0 Å². The van der Waals surface area contributed by atoms with E-state index in [-0.39, 0.29) is 35.9 Å². The average molecular weight is 364 g/mol. The number of nitrogens with zero attached hydrogens (tertiary/aromatic N) is 1. The van der Waals surface area contributed by atoms with Crippen molar-refractivity contribution in [1.82, 2.24) is 4.90 Å². The molecule has 0 spiro atoms. The van der Waals surface area contributed by atoms with Crippen molar-refractivity contribution in [2.75, 3.05) is 7.05 Å². The van der Waals surface area contributed by atoms with Gasteiger partial charge in [-0.05, 0) is 70.8 Å². The molecule has 0 aromatic carbocycles. The molecule has 9 atom stereocenters. The predicted octanol–water partition coefficient (Wildman–Crippen LogP) is 3.61. The van der Waals surface area contributed by atoms with Gasteiger partial charge >= 0.3 is 5.97 Å². The predicted molar refractivity (Wildman–Crippen MR) is 102 cm³/mol. The second kappa shape index (κ2) is 7.43. The fourth-order valence-electron chi connectivity index (χ4n) is 6.99. The lowest BCUT2D eigenvalue weighted by molar-refractivity contribution is -0.144. The third kappa shape index (κ3) is 3.22. The molecule has 2 saturated carbocycles. The number of aliphatic hydroxyl groups is 1. The van der Waals surface area contributed by atoms with Crippen LogP contribution >= 0.6 is 0 Å². The first-order valence-electron chi connectivity index (χ1n) is 11.1. The van der Waals surface area contributed by atoms with Crippen molar-refractivity contribution in [3.8, 4) is 0 Å². The van der Waals surface area contributed by atoms with E-state index in [1.165, 1.54) is 44.9 Å². The molecule has 0 aromatic heterocycles. The highest BCUT2D eigenvalue weighted by Crippen LogP contribution is 2.54. The summed E-state index contributed by atoms with van der Waals surface area (Å²) in [6, 6.07) is 1.09. The Kier molecular flexibility index (Phi) is 5.35. The number of hydrogen-bond donors (Lipinski definition) is 1. The van der Waals surface area contributed by atoms with Gasteiger partial charge in [-0.3, -0.25) is 4.79 Å². The van der Waals surface area contributed by atoms with Crippen LogP contribution in [0.1, 0.15) is 71.6 Å². The maximum absolute atomic E-state index is 12.4. The van der Waals surface area contributed by atoms with Gasteiger partial charge in [-0.1, -0.05) is 25.7 Å². The molecule has 2 heterocycles. The molecular formula is C22H37NO3. The van der Waals surface area contributed by atoms with Crippen LogP contribution in [0.3, 0.4) is 0 Å². The van der Waals surface area contributed by atoms with Crippen LogP contribution in [-0.4, -0.2) is 47.3 Å². The van der Waals surface area contributed by atoms with Crippen LogP contribution in [0.25, 0.3) is 0 Å². The van der Waals surface area contributed by atoms with Crippen LogP contribution in [-0.2, 0) is 9.53 Å². The zero-order valence-electron chi connectivity index (χ0n) is 16.8. The van der Waals surface area contributed by atoms with Crippen molar-refractivity contribution in [1.29, 1.82) is 0 Å². The van der Waals surface area contributed by atoms with Crippen LogP contribution in [0.5, 0.6) is 0 Å². The number of piperidine rings is 1. The van der Waals surface area contributed by atoms with Gasteiger partial charge in [-0.25, -0.2) is 0 Å². The van der Waals surface area contributed by atoms with Gasteiger partial charge in [0.25, 0.3) is 0 Å². The van der Waals surface area contributed by atoms with E-state index in [1.807, 2.05) is 0 Å². The molecule has 26 heavy (non-hydrogen) atoms. The summed E-state index contributed by atoms with van der Waals surface area (Å²) in [5.41, 5.74) is 0. The molecule has 1 N–H and O–H groups in total. The Morgan fingerprint density at radius 3 is 2.73 bits per heavy atom. The van der Waals surface area contributed by atoms with E-state index in [2.05, 4.69) is 25.8 Å². The molecule has 0 aromatic rings. The van der Waals surface area contributed by atoms with Gasteiger partial charge in [0, 0.05) is 18.0 Å². The van der Waals surface area contributed by atoms with Gasteiger partial charge in [0.15, 0.2) is 0 Å². The molecule has 2 saturated heterocycles. The topological polar surface area (TPSA) is 49.8 Å². The maximum atomic E-state index is 12.4. The number of cyclic esters (lactones) is 1.